The highest BCUT2D eigenvalue weighted by molar-refractivity contribution is 6.29. The monoisotopic (exact) mass is 297 g/mol. The van der Waals surface area contributed by atoms with Gasteiger partial charge in [-0.3, -0.25) is 0 Å². The molecule has 1 fully saturated rings. The highest BCUT2D eigenvalue weighted by Crippen LogP contribution is 2.28. The van der Waals surface area contributed by atoms with Gasteiger partial charge in [0, 0.05) is 18.7 Å². The first-order valence-electron chi connectivity index (χ1n) is 7.56. The van der Waals surface area contributed by atoms with Gasteiger partial charge in [0.15, 0.2) is 5.82 Å². The molecule has 5 heteroatoms. The number of hydrogen-bond donors (Lipinski definition) is 1. The highest BCUT2D eigenvalue weighted by atomic mass is 35.5. The van der Waals surface area contributed by atoms with Crippen molar-refractivity contribution in [2.24, 2.45) is 5.92 Å². The molecule has 1 atom stereocenters. The average Bonchev–Trinajstić information content (AvgIpc) is 2.45. The molecule has 0 aliphatic heterocycles. The summed E-state index contributed by atoms with van der Waals surface area (Å²) in [4.78, 5) is 8.65. The van der Waals surface area contributed by atoms with E-state index in [4.69, 9.17) is 16.3 Å². The van der Waals surface area contributed by atoms with Gasteiger partial charge in [0.2, 0.25) is 0 Å². The normalized spacial score (nSPS) is 17.9. The first-order valence-corrected chi connectivity index (χ1v) is 7.94. The zero-order valence-corrected chi connectivity index (χ0v) is 13.1. The van der Waals surface area contributed by atoms with Crippen LogP contribution in [0.1, 0.15) is 51.8 Å². The Morgan fingerprint density at radius 2 is 2.10 bits per heavy atom. The minimum atomic E-state index is 0.406. The summed E-state index contributed by atoms with van der Waals surface area (Å²) in [5.41, 5.74) is 0. The number of ether oxygens (including phenoxy) is 1. The molecule has 1 aliphatic carbocycles. The van der Waals surface area contributed by atoms with Gasteiger partial charge in [0.25, 0.3) is 0 Å². The van der Waals surface area contributed by atoms with Gasteiger partial charge in [0.1, 0.15) is 17.6 Å². The number of nitrogens with one attached hydrogen (secondary N) is 1. The first-order chi connectivity index (χ1) is 9.69. The maximum atomic E-state index is 6.05. The smallest absolute Gasteiger partial charge is 0.158 e. The molecule has 20 heavy (non-hydrogen) atoms. The van der Waals surface area contributed by atoms with Gasteiger partial charge in [-0.05, 0) is 32.6 Å². The number of halogens is 1. The van der Waals surface area contributed by atoms with Crippen LogP contribution in [-0.4, -0.2) is 22.6 Å². The van der Waals surface area contributed by atoms with Crippen molar-refractivity contribution in [2.45, 2.75) is 58.6 Å². The molecule has 0 bridgehead atoms. The lowest BCUT2D eigenvalue weighted by atomic mass is 9.84. The summed E-state index contributed by atoms with van der Waals surface area (Å²) in [6.45, 7) is 5.24. The number of aromatic nitrogens is 2. The van der Waals surface area contributed by atoms with Crippen LogP contribution in [0.3, 0.4) is 0 Å². The molecule has 4 nitrogen and oxygen atoms in total. The number of hydrogen-bond acceptors (Lipinski definition) is 4. The second-order valence-electron chi connectivity index (χ2n) is 5.46. The van der Waals surface area contributed by atoms with Crippen LogP contribution in [0.5, 0.6) is 0 Å². The molecule has 0 saturated heterocycles. The topological polar surface area (TPSA) is 47.0 Å². The van der Waals surface area contributed by atoms with Gasteiger partial charge in [-0.15, -0.1) is 0 Å². The second kappa shape index (κ2) is 7.79. The zero-order valence-electron chi connectivity index (χ0n) is 12.4. The van der Waals surface area contributed by atoms with Crippen molar-refractivity contribution in [1.29, 1.82) is 0 Å². The van der Waals surface area contributed by atoms with Crippen LogP contribution in [0.15, 0.2) is 6.07 Å². The molecule has 1 N–H and O–H groups in total. The molecule has 1 aliphatic rings. The van der Waals surface area contributed by atoms with Gasteiger partial charge in [-0.1, -0.05) is 30.9 Å². The van der Waals surface area contributed by atoms with Crippen LogP contribution >= 0.6 is 11.6 Å². The third-order valence-electron chi connectivity index (χ3n) is 3.91. The molecular formula is C15H24ClN3O. The second-order valence-corrected chi connectivity index (χ2v) is 5.85. The number of rotatable bonds is 6. The highest BCUT2D eigenvalue weighted by Gasteiger charge is 2.20. The molecule has 2 rings (SSSR count). The standard InChI is InChI=1S/C15H24ClN3O/c1-3-20-10-15-18-13(16)9-14(19-15)17-11(2)12-7-5-4-6-8-12/h9,11-12H,3-8,10H2,1-2H3,(H,17,18,19). The van der Waals surface area contributed by atoms with E-state index in [-0.39, 0.29) is 0 Å². The summed E-state index contributed by atoms with van der Waals surface area (Å²) in [6.07, 6.45) is 6.67. The molecule has 0 aromatic carbocycles. The van der Waals surface area contributed by atoms with Crippen LogP contribution in [0, 0.1) is 5.92 Å². The predicted molar refractivity (Wildman–Crippen MR) is 82.0 cm³/mol. The Morgan fingerprint density at radius 3 is 2.80 bits per heavy atom. The fourth-order valence-electron chi connectivity index (χ4n) is 2.78. The van der Waals surface area contributed by atoms with Crippen LogP contribution < -0.4 is 5.32 Å². The van der Waals surface area contributed by atoms with E-state index in [2.05, 4.69) is 22.2 Å². The van der Waals surface area contributed by atoms with Gasteiger partial charge in [0.05, 0.1) is 0 Å². The van der Waals surface area contributed by atoms with E-state index in [1.165, 1.54) is 32.1 Å². The average molecular weight is 298 g/mol. The van der Waals surface area contributed by atoms with Crippen molar-refractivity contribution in [3.63, 3.8) is 0 Å². The van der Waals surface area contributed by atoms with Crippen molar-refractivity contribution >= 4 is 17.4 Å². The fourth-order valence-corrected chi connectivity index (χ4v) is 2.98. The van der Waals surface area contributed by atoms with Crippen molar-refractivity contribution in [2.75, 3.05) is 11.9 Å². The lowest BCUT2D eigenvalue weighted by Gasteiger charge is -2.28. The van der Waals surface area contributed by atoms with Gasteiger partial charge < -0.3 is 10.1 Å². The van der Waals surface area contributed by atoms with Crippen molar-refractivity contribution in [3.8, 4) is 0 Å². The lowest BCUT2D eigenvalue weighted by molar-refractivity contribution is 0.128. The molecule has 0 amide bonds. The van der Waals surface area contributed by atoms with E-state index >= 15 is 0 Å². The first kappa shape index (κ1) is 15.5. The van der Waals surface area contributed by atoms with E-state index in [0.29, 0.717) is 30.2 Å². The Hall–Kier alpha value is -0.870. The van der Waals surface area contributed by atoms with Crippen LogP contribution in [-0.2, 0) is 11.3 Å². The molecule has 1 saturated carbocycles. The Kier molecular flexibility index (Phi) is 6.05. The SMILES string of the molecule is CCOCc1nc(Cl)cc(NC(C)C2CCCCC2)n1. The molecule has 1 unspecified atom stereocenters. The number of anilines is 1. The van der Waals surface area contributed by atoms with Crippen molar-refractivity contribution in [3.05, 3.63) is 17.0 Å². The van der Waals surface area contributed by atoms with E-state index in [9.17, 15) is 0 Å². The fraction of sp³-hybridized carbons (Fsp3) is 0.733. The van der Waals surface area contributed by atoms with Crippen LogP contribution in [0.4, 0.5) is 5.82 Å². The van der Waals surface area contributed by atoms with E-state index in [1.807, 2.05) is 6.92 Å². The summed E-state index contributed by atoms with van der Waals surface area (Å²) < 4.78 is 5.34. The van der Waals surface area contributed by atoms with E-state index in [0.717, 1.165) is 11.7 Å². The molecule has 0 spiro atoms. The third kappa shape index (κ3) is 4.60. The maximum absolute atomic E-state index is 6.05. The molecular weight excluding hydrogens is 274 g/mol. The van der Waals surface area contributed by atoms with Crippen molar-refractivity contribution in [1.82, 2.24) is 9.97 Å². The predicted octanol–water partition coefficient (Wildman–Crippen LogP) is 4.05. The molecule has 1 aromatic heterocycles. The number of nitrogens with zero attached hydrogens (tertiary/aromatic N) is 2. The minimum absolute atomic E-state index is 0.406. The molecule has 0 radical (unpaired) electrons. The Bertz CT molecular complexity index is 422. The Labute approximate surface area is 126 Å². The van der Waals surface area contributed by atoms with Gasteiger partial charge >= 0.3 is 0 Å². The largest absolute Gasteiger partial charge is 0.374 e. The van der Waals surface area contributed by atoms with E-state index < -0.39 is 0 Å². The Morgan fingerprint density at radius 1 is 1.35 bits per heavy atom. The van der Waals surface area contributed by atoms with Crippen LogP contribution in [0.25, 0.3) is 0 Å². The maximum Gasteiger partial charge on any atom is 0.158 e. The summed E-state index contributed by atoms with van der Waals surface area (Å²) in [5, 5.41) is 3.94. The lowest BCUT2D eigenvalue weighted by Crippen LogP contribution is -2.28. The molecule has 1 aromatic rings. The summed E-state index contributed by atoms with van der Waals surface area (Å²) in [5.74, 6) is 2.17. The third-order valence-corrected chi connectivity index (χ3v) is 4.10. The Balaban J connectivity index is 1.98. The minimum Gasteiger partial charge on any atom is -0.374 e. The van der Waals surface area contributed by atoms with Crippen LogP contribution in [0.2, 0.25) is 5.15 Å². The van der Waals surface area contributed by atoms with Crippen molar-refractivity contribution < 1.29 is 4.74 Å². The molecule has 112 valence electrons. The summed E-state index contributed by atoms with van der Waals surface area (Å²) >= 11 is 6.05. The zero-order chi connectivity index (χ0) is 14.4. The summed E-state index contributed by atoms with van der Waals surface area (Å²) in [7, 11) is 0. The molecule has 1 heterocycles. The van der Waals surface area contributed by atoms with Gasteiger partial charge in [-0.25, -0.2) is 9.97 Å². The van der Waals surface area contributed by atoms with Gasteiger partial charge in [-0.2, -0.15) is 0 Å². The summed E-state index contributed by atoms with van der Waals surface area (Å²) in [6, 6.07) is 2.21. The quantitative estimate of drug-likeness (QED) is 0.805. The van der Waals surface area contributed by atoms with E-state index in [1.54, 1.807) is 6.07 Å².